The predicted molar refractivity (Wildman–Crippen MR) is 62.6 cm³/mol. The molecule has 1 amide bonds. The largest absolute Gasteiger partial charge is 0.374 e. The summed E-state index contributed by atoms with van der Waals surface area (Å²) in [5, 5.41) is 2.79. The highest BCUT2D eigenvalue weighted by molar-refractivity contribution is 7.91. The van der Waals surface area contributed by atoms with Crippen LogP contribution >= 0.6 is 0 Å². The Balaban J connectivity index is 2.46. The Morgan fingerprint density at radius 2 is 1.81 bits per heavy atom. The minimum atomic E-state index is -2.87. The molecule has 0 saturated carbocycles. The highest BCUT2D eigenvalue weighted by atomic mass is 32.2. The molecule has 0 aromatic carbocycles. The van der Waals surface area contributed by atoms with Crippen LogP contribution in [0, 0.1) is 0 Å². The van der Waals surface area contributed by atoms with E-state index in [1.165, 1.54) is 0 Å². The van der Waals surface area contributed by atoms with E-state index in [0.717, 1.165) is 0 Å². The van der Waals surface area contributed by atoms with Gasteiger partial charge in [0.2, 0.25) is 0 Å². The molecule has 0 bridgehead atoms. The molecule has 5 nitrogen and oxygen atoms in total. The zero-order chi connectivity index (χ0) is 12.3. The molecule has 0 aliphatic carbocycles. The van der Waals surface area contributed by atoms with E-state index in [2.05, 4.69) is 11.9 Å². The highest BCUT2D eigenvalue weighted by Crippen LogP contribution is 2.12. The van der Waals surface area contributed by atoms with Gasteiger partial charge < -0.3 is 10.2 Å². The van der Waals surface area contributed by atoms with E-state index in [0.29, 0.717) is 18.5 Å². The third-order valence-corrected chi connectivity index (χ3v) is 4.41. The van der Waals surface area contributed by atoms with Gasteiger partial charge in [0.05, 0.1) is 17.2 Å². The van der Waals surface area contributed by atoms with Crippen LogP contribution in [0.5, 0.6) is 0 Å². The molecule has 1 heterocycles. The number of hydrogen-bond donors (Lipinski definition) is 1. The first kappa shape index (κ1) is 13.0. The first-order chi connectivity index (χ1) is 7.32. The van der Waals surface area contributed by atoms with Gasteiger partial charge >= 0.3 is 0 Å². The van der Waals surface area contributed by atoms with Crippen molar-refractivity contribution in [1.29, 1.82) is 0 Å². The van der Waals surface area contributed by atoms with Crippen LogP contribution in [0.25, 0.3) is 0 Å². The number of amides is 1. The average Bonchev–Trinajstić information content (AvgIpc) is 2.19. The second-order valence-electron chi connectivity index (χ2n) is 4.24. The van der Waals surface area contributed by atoms with Gasteiger partial charge in [0.15, 0.2) is 0 Å². The minimum Gasteiger partial charge on any atom is -0.374 e. The molecule has 16 heavy (non-hydrogen) atoms. The standard InChI is InChI=1S/C10H18N2O3S/c1-8(12(2)3)10(13)11-9-4-6-16(14,15)7-5-9/h9H,1,4-7H2,2-3H3,(H,11,13). The van der Waals surface area contributed by atoms with Crippen LogP contribution in [0.2, 0.25) is 0 Å². The molecule has 1 rings (SSSR count). The van der Waals surface area contributed by atoms with Crippen molar-refractivity contribution in [1.82, 2.24) is 10.2 Å². The number of nitrogens with zero attached hydrogens (tertiary/aromatic N) is 1. The van der Waals surface area contributed by atoms with Gasteiger partial charge in [-0.25, -0.2) is 8.42 Å². The van der Waals surface area contributed by atoms with Crippen LogP contribution in [0.1, 0.15) is 12.8 Å². The van der Waals surface area contributed by atoms with Crippen LogP contribution in [0.3, 0.4) is 0 Å². The van der Waals surface area contributed by atoms with Gasteiger partial charge in [-0.3, -0.25) is 4.79 Å². The van der Waals surface area contributed by atoms with E-state index in [1.807, 2.05) is 0 Å². The summed E-state index contributed by atoms with van der Waals surface area (Å²) >= 11 is 0. The van der Waals surface area contributed by atoms with E-state index < -0.39 is 9.84 Å². The summed E-state index contributed by atoms with van der Waals surface area (Å²) in [5.41, 5.74) is 0.383. The minimum absolute atomic E-state index is 0.0484. The Hall–Kier alpha value is -1.04. The predicted octanol–water partition coefficient (Wildman–Crippen LogP) is -0.245. The maximum atomic E-state index is 11.6. The molecule has 1 saturated heterocycles. The summed E-state index contributed by atoms with van der Waals surface area (Å²) in [7, 11) is 0.614. The van der Waals surface area contributed by atoms with Gasteiger partial charge in [0.25, 0.3) is 5.91 Å². The Morgan fingerprint density at radius 1 is 1.31 bits per heavy atom. The van der Waals surface area contributed by atoms with E-state index in [-0.39, 0.29) is 23.5 Å². The monoisotopic (exact) mass is 246 g/mol. The number of carbonyl (C=O) groups is 1. The van der Waals surface area contributed by atoms with Crippen LogP contribution in [0.4, 0.5) is 0 Å². The molecule has 1 aliphatic rings. The smallest absolute Gasteiger partial charge is 0.267 e. The number of likely N-dealkylation sites (N-methyl/N-ethyl adjacent to an activating group) is 1. The summed E-state index contributed by atoms with van der Waals surface area (Å²) in [4.78, 5) is 13.2. The molecular formula is C10H18N2O3S. The molecule has 1 N–H and O–H groups in total. The van der Waals surface area contributed by atoms with Crippen LogP contribution in [-0.2, 0) is 14.6 Å². The third kappa shape index (κ3) is 3.52. The van der Waals surface area contributed by atoms with Crippen LogP contribution < -0.4 is 5.32 Å². The van der Waals surface area contributed by atoms with Gasteiger partial charge in [-0.1, -0.05) is 6.58 Å². The lowest BCUT2D eigenvalue weighted by molar-refractivity contribution is -0.119. The summed E-state index contributed by atoms with van der Waals surface area (Å²) < 4.78 is 22.4. The van der Waals surface area contributed by atoms with Gasteiger partial charge in [0.1, 0.15) is 9.84 Å². The Labute approximate surface area is 96.4 Å². The third-order valence-electron chi connectivity index (χ3n) is 2.69. The van der Waals surface area contributed by atoms with Crippen molar-refractivity contribution in [3.8, 4) is 0 Å². The molecule has 0 aromatic heterocycles. The van der Waals surface area contributed by atoms with Gasteiger partial charge in [-0.2, -0.15) is 0 Å². The molecule has 92 valence electrons. The topological polar surface area (TPSA) is 66.5 Å². The number of carbonyl (C=O) groups excluding carboxylic acids is 1. The van der Waals surface area contributed by atoms with Gasteiger partial charge in [0, 0.05) is 20.1 Å². The molecule has 1 aliphatic heterocycles. The van der Waals surface area contributed by atoms with Crippen molar-refractivity contribution in [2.24, 2.45) is 0 Å². The Kier molecular flexibility index (Phi) is 3.96. The highest BCUT2D eigenvalue weighted by Gasteiger charge is 2.25. The fourth-order valence-corrected chi connectivity index (χ4v) is 3.00. The van der Waals surface area contributed by atoms with Crippen LogP contribution in [0.15, 0.2) is 12.3 Å². The molecule has 0 unspecified atom stereocenters. The zero-order valence-corrected chi connectivity index (χ0v) is 10.5. The Bertz CT molecular complexity index is 373. The molecule has 1 fully saturated rings. The lowest BCUT2D eigenvalue weighted by Crippen LogP contribution is -2.42. The lowest BCUT2D eigenvalue weighted by Gasteiger charge is -2.24. The number of hydrogen-bond acceptors (Lipinski definition) is 4. The molecule has 0 radical (unpaired) electrons. The SMILES string of the molecule is C=C(C(=O)NC1CCS(=O)(=O)CC1)N(C)C. The van der Waals surface area contributed by atoms with Gasteiger partial charge in [-0.05, 0) is 12.8 Å². The second-order valence-corrected chi connectivity index (χ2v) is 6.54. The first-order valence-corrected chi connectivity index (χ1v) is 7.01. The number of rotatable bonds is 3. The Morgan fingerprint density at radius 3 is 2.25 bits per heavy atom. The van der Waals surface area contributed by atoms with Crippen molar-refractivity contribution in [3.05, 3.63) is 12.3 Å². The molecule has 0 atom stereocenters. The summed E-state index contributed by atoms with van der Waals surface area (Å²) in [6.07, 6.45) is 0.990. The molecule has 6 heteroatoms. The van der Waals surface area contributed by atoms with Crippen molar-refractivity contribution in [2.75, 3.05) is 25.6 Å². The van der Waals surface area contributed by atoms with Crippen molar-refractivity contribution in [2.45, 2.75) is 18.9 Å². The zero-order valence-electron chi connectivity index (χ0n) is 9.69. The second kappa shape index (κ2) is 4.86. The first-order valence-electron chi connectivity index (χ1n) is 5.19. The van der Waals surface area contributed by atoms with E-state index >= 15 is 0 Å². The molecule has 0 aromatic rings. The van der Waals surface area contributed by atoms with Gasteiger partial charge in [-0.15, -0.1) is 0 Å². The normalized spacial score (nSPS) is 20.1. The van der Waals surface area contributed by atoms with E-state index in [9.17, 15) is 13.2 Å². The maximum Gasteiger partial charge on any atom is 0.267 e. The molecular weight excluding hydrogens is 228 g/mol. The van der Waals surface area contributed by atoms with Crippen molar-refractivity contribution < 1.29 is 13.2 Å². The van der Waals surface area contributed by atoms with Crippen molar-refractivity contribution >= 4 is 15.7 Å². The quantitative estimate of drug-likeness (QED) is 0.698. The number of sulfone groups is 1. The average molecular weight is 246 g/mol. The maximum absolute atomic E-state index is 11.6. The van der Waals surface area contributed by atoms with E-state index in [4.69, 9.17) is 0 Å². The summed E-state index contributed by atoms with van der Waals surface area (Å²) in [5.74, 6) is 0.0907. The van der Waals surface area contributed by atoms with E-state index in [1.54, 1.807) is 19.0 Å². The molecule has 0 spiro atoms. The fraction of sp³-hybridized carbons (Fsp3) is 0.700. The van der Waals surface area contributed by atoms with Crippen LogP contribution in [-0.4, -0.2) is 50.9 Å². The number of nitrogens with one attached hydrogen (secondary N) is 1. The summed E-state index contributed by atoms with van der Waals surface area (Å²) in [6, 6.07) is -0.0484. The lowest BCUT2D eigenvalue weighted by atomic mass is 10.1. The summed E-state index contributed by atoms with van der Waals surface area (Å²) in [6.45, 7) is 3.64. The van der Waals surface area contributed by atoms with Crippen molar-refractivity contribution in [3.63, 3.8) is 0 Å². The fourth-order valence-electron chi connectivity index (χ4n) is 1.51.